The summed E-state index contributed by atoms with van der Waals surface area (Å²) in [5.41, 5.74) is 1.29. The third-order valence-electron chi connectivity index (χ3n) is 2.98. The van der Waals surface area contributed by atoms with E-state index in [0.29, 0.717) is 0 Å². The van der Waals surface area contributed by atoms with Crippen molar-refractivity contribution in [3.63, 3.8) is 0 Å². The van der Waals surface area contributed by atoms with Gasteiger partial charge in [-0.25, -0.2) is 0 Å². The third-order valence-corrected chi connectivity index (χ3v) is 3.41. The van der Waals surface area contributed by atoms with E-state index >= 15 is 0 Å². The lowest BCUT2D eigenvalue weighted by Gasteiger charge is -2.19. The van der Waals surface area contributed by atoms with Crippen molar-refractivity contribution >= 4 is 15.9 Å². The summed E-state index contributed by atoms with van der Waals surface area (Å²) in [5, 5.41) is 0. The molecule has 0 radical (unpaired) electrons. The summed E-state index contributed by atoms with van der Waals surface area (Å²) < 4.78 is 1.07. The maximum Gasteiger partial charge on any atom is 0.0410 e. The van der Waals surface area contributed by atoms with Crippen LogP contribution < -0.4 is 0 Å². The number of rotatable bonds is 2. The second-order valence-corrected chi connectivity index (χ2v) is 5.36. The molecule has 1 fully saturated rings. The molecule has 1 aromatic heterocycles. The Bertz CT molecular complexity index is 343. The van der Waals surface area contributed by atoms with Gasteiger partial charge in [0.2, 0.25) is 0 Å². The van der Waals surface area contributed by atoms with Crippen LogP contribution in [0.15, 0.2) is 22.9 Å². The molecule has 2 heterocycles. The first-order valence-corrected chi connectivity index (χ1v) is 6.53. The van der Waals surface area contributed by atoms with Gasteiger partial charge < -0.3 is 4.90 Å². The van der Waals surface area contributed by atoms with Gasteiger partial charge in [-0.1, -0.05) is 0 Å². The fourth-order valence-corrected chi connectivity index (χ4v) is 2.47. The first kappa shape index (κ1) is 12.0. The van der Waals surface area contributed by atoms with Gasteiger partial charge in [-0.05, 0) is 54.1 Å². The highest BCUT2D eigenvalue weighted by Gasteiger charge is 2.12. The fraction of sp³-hybridized carbons (Fsp3) is 0.583. The van der Waals surface area contributed by atoms with Crippen LogP contribution in [-0.4, -0.2) is 48.0 Å². The maximum atomic E-state index is 4.20. The largest absolute Gasteiger partial charge is 0.305 e. The van der Waals surface area contributed by atoms with Crippen LogP contribution in [0.25, 0.3) is 0 Å². The SMILES string of the molecule is CN1CCCN(Cc2cncc(Br)c2)CC1. The Labute approximate surface area is 106 Å². The van der Waals surface area contributed by atoms with Crippen LogP contribution in [0, 0.1) is 0 Å². The number of halogens is 1. The Morgan fingerprint density at radius 1 is 1.25 bits per heavy atom. The van der Waals surface area contributed by atoms with E-state index < -0.39 is 0 Å². The molecule has 0 spiro atoms. The van der Waals surface area contributed by atoms with Crippen LogP contribution in [-0.2, 0) is 6.54 Å². The predicted octanol–water partition coefficient (Wildman–Crippen LogP) is 1.98. The molecule has 0 saturated carbocycles. The monoisotopic (exact) mass is 283 g/mol. The lowest BCUT2D eigenvalue weighted by atomic mass is 10.2. The standard InChI is InChI=1S/C12H18BrN3/c1-15-3-2-4-16(6-5-15)10-11-7-12(13)9-14-8-11/h7-9H,2-6,10H2,1H3. The quantitative estimate of drug-likeness (QED) is 0.828. The average molecular weight is 284 g/mol. The van der Waals surface area contributed by atoms with Gasteiger partial charge in [-0.3, -0.25) is 9.88 Å². The fourth-order valence-electron chi connectivity index (χ4n) is 2.06. The van der Waals surface area contributed by atoms with E-state index in [9.17, 15) is 0 Å². The highest BCUT2D eigenvalue weighted by Crippen LogP contribution is 2.12. The minimum atomic E-state index is 1.01. The van der Waals surface area contributed by atoms with Crippen molar-refractivity contribution in [2.75, 3.05) is 33.2 Å². The van der Waals surface area contributed by atoms with Crippen molar-refractivity contribution in [1.82, 2.24) is 14.8 Å². The van der Waals surface area contributed by atoms with E-state index in [0.717, 1.165) is 17.6 Å². The smallest absolute Gasteiger partial charge is 0.0410 e. The molecule has 1 aliphatic heterocycles. The highest BCUT2D eigenvalue weighted by atomic mass is 79.9. The summed E-state index contributed by atoms with van der Waals surface area (Å²) in [6.45, 7) is 5.74. The normalized spacial score (nSPS) is 19.6. The molecular weight excluding hydrogens is 266 g/mol. The molecule has 3 nitrogen and oxygen atoms in total. The number of aromatic nitrogens is 1. The number of likely N-dealkylation sites (N-methyl/N-ethyl adjacent to an activating group) is 1. The van der Waals surface area contributed by atoms with Crippen LogP contribution in [0.1, 0.15) is 12.0 Å². The van der Waals surface area contributed by atoms with Crippen LogP contribution >= 0.6 is 15.9 Å². The molecule has 0 aromatic carbocycles. The Morgan fingerprint density at radius 3 is 2.94 bits per heavy atom. The van der Waals surface area contributed by atoms with Crippen molar-refractivity contribution in [3.05, 3.63) is 28.5 Å². The van der Waals surface area contributed by atoms with Gasteiger partial charge in [-0.15, -0.1) is 0 Å². The molecule has 0 unspecified atom stereocenters. The molecule has 0 aliphatic carbocycles. The molecule has 0 atom stereocenters. The van der Waals surface area contributed by atoms with Gasteiger partial charge in [0.15, 0.2) is 0 Å². The van der Waals surface area contributed by atoms with Crippen LogP contribution in [0.5, 0.6) is 0 Å². The Morgan fingerprint density at radius 2 is 2.12 bits per heavy atom. The third kappa shape index (κ3) is 3.54. The van der Waals surface area contributed by atoms with Crippen molar-refractivity contribution in [2.24, 2.45) is 0 Å². The molecule has 1 aliphatic rings. The second kappa shape index (κ2) is 5.75. The molecule has 0 amide bonds. The maximum absolute atomic E-state index is 4.20. The van der Waals surface area contributed by atoms with E-state index in [1.807, 2.05) is 12.4 Å². The number of nitrogens with zero attached hydrogens (tertiary/aromatic N) is 3. The minimum absolute atomic E-state index is 1.01. The zero-order valence-corrected chi connectivity index (χ0v) is 11.3. The second-order valence-electron chi connectivity index (χ2n) is 4.44. The van der Waals surface area contributed by atoms with Crippen molar-refractivity contribution < 1.29 is 0 Å². The van der Waals surface area contributed by atoms with Gasteiger partial charge in [0.05, 0.1) is 0 Å². The molecule has 0 bridgehead atoms. The van der Waals surface area contributed by atoms with Gasteiger partial charge >= 0.3 is 0 Å². The predicted molar refractivity (Wildman–Crippen MR) is 69.3 cm³/mol. The zero-order chi connectivity index (χ0) is 11.4. The average Bonchev–Trinajstić information content (AvgIpc) is 2.44. The molecule has 88 valence electrons. The van der Waals surface area contributed by atoms with Gasteiger partial charge in [-0.2, -0.15) is 0 Å². The molecule has 16 heavy (non-hydrogen) atoms. The Balaban J connectivity index is 1.93. The lowest BCUT2D eigenvalue weighted by molar-refractivity contribution is 0.269. The first-order chi connectivity index (χ1) is 7.74. The van der Waals surface area contributed by atoms with E-state index in [-0.39, 0.29) is 0 Å². The van der Waals surface area contributed by atoms with Crippen LogP contribution in [0.3, 0.4) is 0 Å². The summed E-state index contributed by atoms with van der Waals surface area (Å²) in [6.07, 6.45) is 5.05. The van der Waals surface area contributed by atoms with Crippen molar-refractivity contribution in [1.29, 1.82) is 0 Å². The molecule has 4 heteroatoms. The summed E-state index contributed by atoms with van der Waals surface area (Å²) >= 11 is 3.46. The molecule has 1 aromatic rings. The van der Waals surface area contributed by atoms with Gasteiger partial charge in [0.1, 0.15) is 0 Å². The van der Waals surface area contributed by atoms with E-state index in [2.05, 4.69) is 43.8 Å². The molecule has 2 rings (SSSR count). The van der Waals surface area contributed by atoms with E-state index in [1.165, 1.54) is 31.6 Å². The Kier molecular flexibility index (Phi) is 4.32. The van der Waals surface area contributed by atoms with Crippen molar-refractivity contribution in [2.45, 2.75) is 13.0 Å². The molecule has 1 saturated heterocycles. The Hall–Kier alpha value is -0.450. The van der Waals surface area contributed by atoms with Crippen LogP contribution in [0.2, 0.25) is 0 Å². The minimum Gasteiger partial charge on any atom is -0.305 e. The summed E-state index contributed by atoms with van der Waals surface area (Å²) in [6, 6.07) is 2.15. The van der Waals surface area contributed by atoms with E-state index in [1.54, 1.807) is 0 Å². The number of hydrogen-bond donors (Lipinski definition) is 0. The summed E-state index contributed by atoms with van der Waals surface area (Å²) in [5.74, 6) is 0. The summed E-state index contributed by atoms with van der Waals surface area (Å²) in [4.78, 5) is 9.11. The van der Waals surface area contributed by atoms with E-state index in [4.69, 9.17) is 0 Å². The molecule has 0 N–H and O–H groups in total. The van der Waals surface area contributed by atoms with Crippen LogP contribution in [0.4, 0.5) is 0 Å². The summed E-state index contributed by atoms with van der Waals surface area (Å²) in [7, 11) is 2.20. The zero-order valence-electron chi connectivity index (χ0n) is 9.69. The lowest BCUT2D eigenvalue weighted by Crippen LogP contribution is -2.28. The number of pyridine rings is 1. The molecular formula is C12H18BrN3. The first-order valence-electron chi connectivity index (χ1n) is 5.74. The number of hydrogen-bond acceptors (Lipinski definition) is 3. The topological polar surface area (TPSA) is 19.4 Å². The van der Waals surface area contributed by atoms with Gasteiger partial charge in [0.25, 0.3) is 0 Å². The van der Waals surface area contributed by atoms with Crippen molar-refractivity contribution in [3.8, 4) is 0 Å². The highest BCUT2D eigenvalue weighted by molar-refractivity contribution is 9.10. The van der Waals surface area contributed by atoms with Gasteiger partial charge in [0, 0.05) is 36.5 Å².